The summed E-state index contributed by atoms with van der Waals surface area (Å²) in [5.41, 5.74) is 2.08. The number of furan rings is 1. The number of hydrogen-bond acceptors (Lipinski definition) is 4. The summed E-state index contributed by atoms with van der Waals surface area (Å²) in [5.74, 6) is 0.797. The molecule has 1 amide bonds. The lowest BCUT2D eigenvalue weighted by Gasteiger charge is -2.17. The Bertz CT molecular complexity index is 784. The van der Waals surface area contributed by atoms with E-state index in [9.17, 15) is 9.90 Å². The van der Waals surface area contributed by atoms with Gasteiger partial charge >= 0.3 is 0 Å². The second kappa shape index (κ2) is 6.71. The van der Waals surface area contributed by atoms with Crippen molar-refractivity contribution >= 4 is 16.9 Å². The number of nitrogens with one attached hydrogen (secondary N) is 1. The SMILES string of the molecule is Cc1oc2ccc(O)c(CN3CCCC3)c2c1C(=O)NC1CCCC1. The van der Waals surface area contributed by atoms with Crippen LogP contribution < -0.4 is 5.32 Å². The smallest absolute Gasteiger partial charge is 0.255 e. The van der Waals surface area contributed by atoms with E-state index in [0.717, 1.165) is 36.9 Å². The number of hydrogen-bond donors (Lipinski definition) is 2. The lowest BCUT2D eigenvalue weighted by Crippen LogP contribution is -2.33. The largest absolute Gasteiger partial charge is 0.508 e. The maximum Gasteiger partial charge on any atom is 0.255 e. The van der Waals surface area contributed by atoms with Crippen LogP contribution in [0, 0.1) is 6.92 Å². The first-order valence-corrected chi connectivity index (χ1v) is 9.40. The molecule has 2 N–H and O–H groups in total. The summed E-state index contributed by atoms with van der Waals surface area (Å²) < 4.78 is 5.85. The number of likely N-dealkylation sites (tertiary alicyclic amines) is 1. The van der Waals surface area contributed by atoms with Gasteiger partial charge in [0.15, 0.2) is 0 Å². The molecule has 134 valence electrons. The van der Waals surface area contributed by atoms with Crippen LogP contribution >= 0.6 is 0 Å². The molecule has 1 aliphatic carbocycles. The molecule has 1 aromatic heterocycles. The number of rotatable bonds is 4. The average Bonchev–Trinajstić information content (AvgIpc) is 3.30. The van der Waals surface area contributed by atoms with E-state index in [1.54, 1.807) is 12.1 Å². The minimum Gasteiger partial charge on any atom is -0.508 e. The monoisotopic (exact) mass is 342 g/mol. The first kappa shape index (κ1) is 16.5. The summed E-state index contributed by atoms with van der Waals surface area (Å²) in [6.07, 6.45) is 6.83. The molecular formula is C20H26N2O3. The van der Waals surface area contributed by atoms with Crippen LogP contribution in [-0.2, 0) is 6.54 Å². The van der Waals surface area contributed by atoms with E-state index in [1.165, 1.54) is 25.7 Å². The van der Waals surface area contributed by atoms with E-state index >= 15 is 0 Å². The number of amides is 1. The highest BCUT2D eigenvalue weighted by Crippen LogP contribution is 2.35. The number of fused-ring (bicyclic) bond motifs is 1. The molecule has 5 nitrogen and oxygen atoms in total. The van der Waals surface area contributed by atoms with Crippen LogP contribution in [-0.4, -0.2) is 35.0 Å². The molecule has 1 saturated heterocycles. The van der Waals surface area contributed by atoms with Gasteiger partial charge in [-0.15, -0.1) is 0 Å². The third-order valence-electron chi connectivity index (χ3n) is 5.61. The van der Waals surface area contributed by atoms with Crippen LogP contribution in [0.1, 0.15) is 60.2 Å². The van der Waals surface area contributed by atoms with Gasteiger partial charge in [0.05, 0.1) is 5.56 Å². The Morgan fingerprint density at radius 2 is 1.96 bits per heavy atom. The Balaban J connectivity index is 1.73. The van der Waals surface area contributed by atoms with Crippen LogP contribution in [0.4, 0.5) is 0 Å². The van der Waals surface area contributed by atoms with E-state index in [4.69, 9.17) is 4.42 Å². The predicted molar refractivity (Wildman–Crippen MR) is 96.8 cm³/mol. The molecule has 2 heterocycles. The van der Waals surface area contributed by atoms with Gasteiger partial charge in [-0.1, -0.05) is 12.8 Å². The number of benzene rings is 1. The van der Waals surface area contributed by atoms with Crippen LogP contribution in [0.15, 0.2) is 16.5 Å². The number of aromatic hydroxyl groups is 1. The van der Waals surface area contributed by atoms with Gasteiger partial charge in [0.1, 0.15) is 17.1 Å². The van der Waals surface area contributed by atoms with Gasteiger partial charge in [-0.2, -0.15) is 0 Å². The molecule has 25 heavy (non-hydrogen) atoms. The molecule has 2 aliphatic rings. The summed E-state index contributed by atoms with van der Waals surface area (Å²) in [6.45, 7) is 4.57. The second-order valence-corrected chi connectivity index (χ2v) is 7.41. The van der Waals surface area contributed by atoms with Gasteiger partial charge in [0.2, 0.25) is 0 Å². The van der Waals surface area contributed by atoms with Crippen molar-refractivity contribution in [1.82, 2.24) is 10.2 Å². The lowest BCUT2D eigenvalue weighted by atomic mass is 10.0. The third kappa shape index (κ3) is 3.13. The lowest BCUT2D eigenvalue weighted by molar-refractivity contribution is 0.0937. The van der Waals surface area contributed by atoms with Crippen LogP contribution in [0.5, 0.6) is 5.75 Å². The number of phenols is 1. The molecule has 0 unspecified atom stereocenters. The fourth-order valence-corrected chi connectivity index (χ4v) is 4.29. The fraction of sp³-hybridized carbons (Fsp3) is 0.550. The number of nitrogens with zero attached hydrogens (tertiary/aromatic N) is 1. The molecule has 2 fully saturated rings. The number of carbonyl (C=O) groups excluding carboxylic acids is 1. The van der Waals surface area contributed by atoms with Crippen molar-refractivity contribution < 1.29 is 14.3 Å². The van der Waals surface area contributed by atoms with Crippen molar-refractivity contribution in [3.8, 4) is 5.75 Å². The van der Waals surface area contributed by atoms with E-state index in [2.05, 4.69) is 10.2 Å². The summed E-state index contributed by atoms with van der Waals surface area (Å²) in [7, 11) is 0. The van der Waals surface area contributed by atoms with E-state index in [-0.39, 0.29) is 17.7 Å². The maximum absolute atomic E-state index is 12.9. The molecule has 1 aromatic carbocycles. The second-order valence-electron chi connectivity index (χ2n) is 7.41. The highest BCUT2D eigenvalue weighted by molar-refractivity contribution is 6.09. The quantitative estimate of drug-likeness (QED) is 0.889. The van der Waals surface area contributed by atoms with Gasteiger partial charge in [-0.05, 0) is 57.8 Å². The van der Waals surface area contributed by atoms with Crippen molar-refractivity contribution in [1.29, 1.82) is 0 Å². The molecule has 1 saturated carbocycles. The maximum atomic E-state index is 12.9. The van der Waals surface area contributed by atoms with Gasteiger partial charge in [0.25, 0.3) is 5.91 Å². The molecule has 0 radical (unpaired) electrons. The topological polar surface area (TPSA) is 65.7 Å². The van der Waals surface area contributed by atoms with Crippen molar-refractivity contribution in [2.45, 2.75) is 58.0 Å². The van der Waals surface area contributed by atoms with E-state index in [0.29, 0.717) is 23.5 Å². The van der Waals surface area contributed by atoms with E-state index < -0.39 is 0 Å². The number of aryl methyl sites for hydroxylation is 1. The molecule has 0 bridgehead atoms. The van der Waals surface area contributed by atoms with Crippen molar-refractivity contribution in [3.63, 3.8) is 0 Å². The van der Waals surface area contributed by atoms with Gasteiger partial charge in [-0.25, -0.2) is 0 Å². The Morgan fingerprint density at radius 3 is 2.68 bits per heavy atom. The molecule has 4 rings (SSSR count). The molecule has 1 aliphatic heterocycles. The van der Waals surface area contributed by atoms with Gasteiger partial charge in [-0.3, -0.25) is 9.69 Å². The average molecular weight is 342 g/mol. The Hall–Kier alpha value is -2.01. The zero-order valence-electron chi connectivity index (χ0n) is 14.8. The highest BCUT2D eigenvalue weighted by atomic mass is 16.3. The van der Waals surface area contributed by atoms with Crippen LogP contribution in [0.2, 0.25) is 0 Å². The molecule has 0 spiro atoms. The Morgan fingerprint density at radius 1 is 1.24 bits per heavy atom. The number of phenolic OH excluding ortho intramolecular Hbond substituents is 1. The first-order chi connectivity index (χ1) is 12.1. The standard InChI is InChI=1S/C20H26N2O3/c1-13-18(20(24)21-14-6-2-3-7-14)19-15(12-22-10-4-5-11-22)16(23)8-9-17(19)25-13/h8-9,14,23H,2-7,10-12H2,1H3,(H,21,24). The summed E-state index contributed by atoms with van der Waals surface area (Å²) >= 11 is 0. The molecule has 2 aromatic rings. The van der Waals surface area contributed by atoms with Crippen LogP contribution in [0.25, 0.3) is 11.0 Å². The summed E-state index contributed by atoms with van der Waals surface area (Å²) in [5, 5.41) is 14.4. The number of carbonyl (C=O) groups is 1. The van der Waals surface area contributed by atoms with Crippen molar-refractivity contribution in [3.05, 3.63) is 29.0 Å². The van der Waals surface area contributed by atoms with Crippen LogP contribution in [0.3, 0.4) is 0 Å². The first-order valence-electron chi connectivity index (χ1n) is 9.40. The highest BCUT2D eigenvalue weighted by Gasteiger charge is 2.26. The summed E-state index contributed by atoms with van der Waals surface area (Å²) in [6, 6.07) is 3.70. The minimum atomic E-state index is -0.0728. The Kier molecular flexibility index (Phi) is 4.42. The predicted octanol–water partition coefficient (Wildman–Crippen LogP) is 3.72. The fourth-order valence-electron chi connectivity index (χ4n) is 4.29. The normalized spacial score (nSPS) is 19.1. The van der Waals surface area contributed by atoms with Crippen molar-refractivity contribution in [2.75, 3.05) is 13.1 Å². The molecule has 5 heteroatoms. The third-order valence-corrected chi connectivity index (χ3v) is 5.61. The molecule has 0 atom stereocenters. The molecular weight excluding hydrogens is 316 g/mol. The van der Waals surface area contributed by atoms with Crippen molar-refractivity contribution in [2.24, 2.45) is 0 Å². The van der Waals surface area contributed by atoms with Gasteiger partial charge in [0, 0.05) is 23.5 Å². The zero-order valence-corrected chi connectivity index (χ0v) is 14.8. The Labute approximate surface area is 148 Å². The van der Waals surface area contributed by atoms with E-state index in [1.807, 2.05) is 6.92 Å². The zero-order chi connectivity index (χ0) is 17.4. The minimum absolute atomic E-state index is 0.0728. The summed E-state index contributed by atoms with van der Waals surface area (Å²) in [4.78, 5) is 15.3. The van der Waals surface area contributed by atoms with Gasteiger partial charge < -0.3 is 14.8 Å².